The van der Waals surface area contributed by atoms with Crippen molar-refractivity contribution in [2.45, 2.75) is 30.7 Å². The van der Waals surface area contributed by atoms with E-state index in [1.165, 1.54) is 11.8 Å². The molecule has 2 aromatic heterocycles. The molecule has 1 amide bonds. The fourth-order valence-electron chi connectivity index (χ4n) is 3.76. The molecule has 5 rings (SSSR count). The summed E-state index contributed by atoms with van der Waals surface area (Å²) in [6.45, 7) is 4.15. The molecule has 0 unspecified atom stereocenters. The number of thiazole rings is 1. The van der Waals surface area contributed by atoms with Crippen molar-refractivity contribution in [1.82, 2.24) is 14.6 Å². The lowest BCUT2D eigenvalue weighted by Crippen LogP contribution is -2.25. The summed E-state index contributed by atoms with van der Waals surface area (Å²) in [6, 6.07) is 13.7. The van der Waals surface area contributed by atoms with Gasteiger partial charge >= 0.3 is 0 Å². The molecule has 3 heterocycles. The minimum absolute atomic E-state index is 0.0329. The van der Waals surface area contributed by atoms with Gasteiger partial charge in [-0.3, -0.25) is 14.0 Å². The molecule has 8 heteroatoms. The van der Waals surface area contributed by atoms with Crippen molar-refractivity contribution < 1.29 is 9.59 Å². The van der Waals surface area contributed by atoms with E-state index in [9.17, 15) is 9.59 Å². The Balaban J connectivity index is 1.42. The van der Waals surface area contributed by atoms with Crippen molar-refractivity contribution in [1.29, 1.82) is 0 Å². The number of carbonyl (C=O) groups excluding carboxylic acids is 2. The molecule has 4 aromatic rings. The van der Waals surface area contributed by atoms with E-state index in [4.69, 9.17) is 0 Å². The molecule has 2 aromatic carbocycles. The summed E-state index contributed by atoms with van der Waals surface area (Å²) in [5.41, 5.74) is 3.70. The van der Waals surface area contributed by atoms with Crippen molar-refractivity contribution in [2.24, 2.45) is 0 Å². The van der Waals surface area contributed by atoms with Crippen LogP contribution in [0.5, 0.6) is 0 Å². The highest BCUT2D eigenvalue weighted by atomic mass is 32.2. The third-order valence-electron chi connectivity index (χ3n) is 5.20. The minimum atomic E-state index is -0.301. The van der Waals surface area contributed by atoms with E-state index in [0.29, 0.717) is 12.1 Å². The predicted octanol–water partition coefficient (Wildman–Crippen LogP) is 4.22. The Hall–Kier alpha value is -2.71. The summed E-state index contributed by atoms with van der Waals surface area (Å²) in [7, 11) is 0. The number of rotatable bonds is 4. The van der Waals surface area contributed by atoms with Gasteiger partial charge in [0, 0.05) is 24.7 Å². The molecular formula is C21H18N4O2S2. The number of fused-ring (bicyclic) bond motifs is 4. The van der Waals surface area contributed by atoms with Crippen molar-refractivity contribution >= 4 is 55.7 Å². The number of aromatic nitrogens is 3. The number of amides is 1. The average Bonchev–Trinajstić information content (AvgIpc) is 3.40. The largest absolute Gasteiger partial charge is 0.312 e. The zero-order valence-electron chi connectivity index (χ0n) is 16.0. The van der Waals surface area contributed by atoms with Crippen LogP contribution in [0.1, 0.15) is 29.8 Å². The van der Waals surface area contributed by atoms with Crippen molar-refractivity contribution in [2.75, 3.05) is 11.4 Å². The van der Waals surface area contributed by atoms with Crippen molar-refractivity contribution in [3.05, 3.63) is 53.6 Å². The van der Waals surface area contributed by atoms with Gasteiger partial charge in [-0.1, -0.05) is 35.2 Å². The molecular weight excluding hydrogens is 404 g/mol. The Morgan fingerprint density at radius 2 is 2.00 bits per heavy atom. The van der Waals surface area contributed by atoms with Gasteiger partial charge in [0.1, 0.15) is 0 Å². The summed E-state index contributed by atoms with van der Waals surface area (Å²) in [5, 5.41) is 9.00. The summed E-state index contributed by atoms with van der Waals surface area (Å²) in [4.78, 5) is 27.4. The highest BCUT2D eigenvalue weighted by molar-refractivity contribution is 8.00. The van der Waals surface area contributed by atoms with E-state index in [1.54, 1.807) is 23.2 Å². The standard InChI is InChI=1S/C21H18N4O2S2/c1-12(19(27)15-7-8-16-14(11-15)9-10-24(16)13(2)26)28-20-22-23-21-25(20)17-5-3-4-6-18(17)29-21/h3-8,11-12H,9-10H2,1-2H3/t12-/m0/s1. The maximum atomic E-state index is 13.1. The molecule has 0 saturated carbocycles. The first-order valence-electron chi connectivity index (χ1n) is 9.37. The van der Waals surface area contributed by atoms with Crippen molar-refractivity contribution in [3.8, 4) is 0 Å². The number of carbonyl (C=O) groups is 2. The number of hydrogen-bond acceptors (Lipinski definition) is 6. The maximum Gasteiger partial charge on any atom is 0.223 e. The second kappa shape index (κ2) is 6.96. The third kappa shape index (κ3) is 3.03. The Morgan fingerprint density at radius 1 is 1.17 bits per heavy atom. The number of Topliss-reactive ketones (excluding diaryl/α,β-unsaturated/α-hetero) is 1. The Kier molecular flexibility index (Phi) is 4.40. The molecule has 29 heavy (non-hydrogen) atoms. The second-order valence-electron chi connectivity index (χ2n) is 7.06. The fourth-order valence-corrected chi connectivity index (χ4v) is 5.72. The summed E-state index contributed by atoms with van der Waals surface area (Å²) in [6.07, 6.45) is 0.781. The average molecular weight is 423 g/mol. The van der Waals surface area contributed by atoms with Crippen LogP contribution in [0.2, 0.25) is 0 Å². The lowest BCUT2D eigenvalue weighted by Gasteiger charge is -2.15. The lowest BCUT2D eigenvalue weighted by molar-refractivity contribution is -0.116. The van der Waals surface area contributed by atoms with E-state index in [2.05, 4.69) is 16.3 Å². The smallest absolute Gasteiger partial charge is 0.223 e. The summed E-state index contributed by atoms with van der Waals surface area (Å²) < 4.78 is 3.16. The highest BCUT2D eigenvalue weighted by Crippen LogP contribution is 2.33. The Labute approximate surface area is 175 Å². The predicted molar refractivity (Wildman–Crippen MR) is 116 cm³/mol. The van der Waals surface area contributed by atoms with Gasteiger partial charge < -0.3 is 4.90 Å². The molecule has 0 aliphatic carbocycles. The molecule has 1 atom stereocenters. The van der Waals surface area contributed by atoms with Crippen molar-refractivity contribution in [3.63, 3.8) is 0 Å². The number of anilines is 1. The first-order chi connectivity index (χ1) is 14.0. The van der Waals surface area contributed by atoms with E-state index in [1.807, 2.05) is 47.7 Å². The second-order valence-corrected chi connectivity index (χ2v) is 9.38. The monoisotopic (exact) mass is 422 g/mol. The van der Waals surface area contributed by atoms with Gasteiger partial charge in [0.05, 0.1) is 15.5 Å². The molecule has 6 nitrogen and oxygen atoms in total. The van der Waals surface area contributed by atoms with Crippen LogP contribution in [0.25, 0.3) is 15.2 Å². The lowest BCUT2D eigenvalue weighted by atomic mass is 10.0. The fraction of sp³-hybridized carbons (Fsp3) is 0.238. The molecule has 146 valence electrons. The van der Waals surface area contributed by atoms with Gasteiger partial charge in [0.15, 0.2) is 10.9 Å². The number of nitrogens with zero attached hydrogens (tertiary/aromatic N) is 4. The van der Waals surface area contributed by atoms with Gasteiger partial charge in [0.25, 0.3) is 0 Å². The number of thioether (sulfide) groups is 1. The van der Waals surface area contributed by atoms with Crippen LogP contribution in [0.4, 0.5) is 5.69 Å². The number of hydrogen-bond donors (Lipinski definition) is 0. The van der Waals surface area contributed by atoms with Gasteiger partial charge in [-0.05, 0) is 49.2 Å². The van der Waals surface area contributed by atoms with Crippen LogP contribution in [0.3, 0.4) is 0 Å². The van der Waals surface area contributed by atoms with E-state index < -0.39 is 0 Å². The van der Waals surface area contributed by atoms with Crippen LogP contribution in [0.15, 0.2) is 47.6 Å². The van der Waals surface area contributed by atoms with E-state index in [0.717, 1.165) is 38.0 Å². The van der Waals surface area contributed by atoms with Gasteiger partial charge in [0.2, 0.25) is 10.9 Å². The molecule has 0 spiro atoms. The minimum Gasteiger partial charge on any atom is -0.312 e. The van der Waals surface area contributed by atoms with Gasteiger partial charge in [-0.2, -0.15) is 0 Å². The zero-order chi connectivity index (χ0) is 20.1. The van der Waals surface area contributed by atoms with Crippen LogP contribution in [-0.2, 0) is 11.2 Å². The Morgan fingerprint density at radius 3 is 2.83 bits per heavy atom. The molecule has 1 aliphatic heterocycles. The van der Waals surface area contributed by atoms with E-state index >= 15 is 0 Å². The molecule has 1 aliphatic rings. The molecule has 0 saturated heterocycles. The normalized spacial score (nSPS) is 14.5. The first kappa shape index (κ1) is 18.3. The first-order valence-corrected chi connectivity index (χ1v) is 11.1. The molecule has 0 N–H and O–H groups in total. The van der Waals surface area contributed by atoms with Gasteiger partial charge in [-0.15, -0.1) is 10.2 Å². The zero-order valence-corrected chi connectivity index (χ0v) is 17.6. The Bertz CT molecular complexity index is 1280. The number of benzene rings is 2. The molecule has 0 fully saturated rings. The molecule has 0 bridgehead atoms. The number of para-hydroxylation sites is 1. The van der Waals surface area contributed by atoms with Gasteiger partial charge in [-0.25, -0.2) is 0 Å². The maximum absolute atomic E-state index is 13.1. The van der Waals surface area contributed by atoms with Crippen LogP contribution in [0, 0.1) is 0 Å². The van der Waals surface area contributed by atoms with Crippen LogP contribution in [-0.4, -0.2) is 38.1 Å². The summed E-state index contributed by atoms with van der Waals surface area (Å²) >= 11 is 3.01. The van der Waals surface area contributed by atoms with E-state index in [-0.39, 0.29) is 16.9 Å². The topological polar surface area (TPSA) is 67.6 Å². The summed E-state index contributed by atoms with van der Waals surface area (Å²) in [5.74, 6) is 0.0842. The highest BCUT2D eigenvalue weighted by Gasteiger charge is 2.25. The molecule has 0 radical (unpaired) electrons. The van der Waals surface area contributed by atoms with Crippen LogP contribution < -0.4 is 4.90 Å². The van der Waals surface area contributed by atoms with Crippen LogP contribution >= 0.6 is 23.1 Å². The third-order valence-corrected chi connectivity index (χ3v) is 7.26. The number of ketones is 1. The SMILES string of the molecule is CC(=O)N1CCc2cc(C(=O)[C@H](C)Sc3nnc4sc5ccccc5n34)ccc21. The quantitative estimate of drug-likeness (QED) is 0.364.